The molecule has 8 heteroatoms. The molecule has 0 radical (unpaired) electrons. The predicted molar refractivity (Wildman–Crippen MR) is 119 cm³/mol. The van der Waals surface area contributed by atoms with E-state index in [1.807, 2.05) is 36.4 Å². The fraction of sp³-hybridized carbons (Fsp3) is 0.391. The molecule has 1 aromatic heterocycles. The zero-order chi connectivity index (χ0) is 21.6. The van der Waals surface area contributed by atoms with Crippen molar-refractivity contribution in [2.45, 2.75) is 25.6 Å². The molecule has 0 aliphatic carbocycles. The van der Waals surface area contributed by atoms with E-state index >= 15 is 0 Å². The number of nitrogens with zero attached hydrogens (tertiary/aromatic N) is 4. The quantitative estimate of drug-likeness (QED) is 0.572. The van der Waals surface area contributed by atoms with Gasteiger partial charge >= 0.3 is 0 Å². The van der Waals surface area contributed by atoms with Gasteiger partial charge in [-0.1, -0.05) is 28.9 Å². The zero-order valence-corrected chi connectivity index (χ0v) is 18.3. The Morgan fingerprint density at radius 2 is 2.00 bits per heavy atom. The summed E-state index contributed by atoms with van der Waals surface area (Å²) in [5.74, 6) is 2.02. The summed E-state index contributed by atoms with van der Waals surface area (Å²) < 4.78 is 10.8. The molecule has 2 heterocycles. The van der Waals surface area contributed by atoms with Crippen molar-refractivity contribution in [3.63, 3.8) is 0 Å². The van der Waals surface area contributed by atoms with Crippen molar-refractivity contribution in [2.24, 2.45) is 0 Å². The second-order valence-electron chi connectivity index (χ2n) is 7.74. The molecule has 1 atom stereocenters. The molecule has 4 rings (SSSR count). The van der Waals surface area contributed by atoms with Crippen molar-refractivity contribution < 1.29 is 14.4 Å². The normalized spacial score (nSPS) is 17.7. The number of halogens is 1. The molecule has 1 N–H and O–H groups in total. The molecule has 3 aromatic rings. The molecule has 7 nitrogen and oxygen atoms in total. The fourth-order valence-corrected chi connectivity index (χ4v) is 4.09. The van der Waals surface area contributed by atoms with Crippen LogP contribution in [0.2, 0.25) is 5.02 Å². The second-order valence-corrected chi connectivity index (χ2v) is 8.18. The Morgan fingerprint density at radius 1 is 1.16 bits per heavy atom. The molecule has 1 aliphatic rings. The van der Waals surface area contributed by atoms with Crippen LogP contribution in [-0.4, -0.2) is 64.4 Å². The zero-order valence-electron chi connectivity index (χ0n) is 17.6. The van der Waals surface area contributed by atoms with Crippen molar-refractivity contribution in [1.29, 1.82) is 0 Å². The fourth-order valence-electron chi connectivity index (χ4n) is 3.96. The van der Waals surface area contributed by atoms with Crippen molar-refractivity contribution in [3.05, 3.63) is 65.0 Å². The van der Waals surface area contributed by atoms with Crippen molar-refractivity contribution in [3.8, 4) is 17.1 Å². The van der Waals surface area contributed by atoms with Crippen LogP contribution < -0.4 is 4.74 Å². The first-order valence-corrected chi connectivity index (χ1v) is 10.8. The number of ether oxygens (including phenoxy) is 1. The lowest BCUT2D eigenvalue weighted by atomic mass is 10.1. The summed E-state index contributed by atoms with van der Waals surface area (Å²) in [6, 6.07) is 15.8. The van der Waals surface area contributed by atoms with Crippen LogP contribution in [0.5, 0.6) is 5.75 Å². The number of aliphatic hydroxyl groups is 1. The largest absolute Gasteiger partial charge is 0.497 e. The van der Waals surface area contributed by atoms with Crippen LogP contribution in [-0.2, 0) is 13.1 Å². The van der Waals surface area contributed by atoms with Gasteiger partial charge in [-0.05, 0) is 48.4 Å². The lowest BCUT2D eigenvalue weighted by molar-refractivity contribution is 0.0450. The minimum atomic E-state index is 0.161. The van der Waals surface area contributed by atoms with Gasteiger partial charge in [0.25, 0.3) is 0 Å². The average Bonchev–Trinajstić information content (AvgIpc) is 3.25. The van der Waals surface area contributed by atoms with Gasteiger partial charge < -0.3 is 14.4 Å². The van der Waals surface area contributed by atoms with E-state index in [1.54, 1.807) is 7.11 Å². The summed E-state index contributed by atoms with van der Waals surface area (Å²) in [5, 5.41) is 14.4. The molecular formula is C23H27ClN4O3. The summed E-state index contributed by atoms with van der Waals surface area (Å²) in [6.45, 7) is 4.22. The number of hydrogen-bond acceptors (Lipinski definition) is 7. The third-order valence-electron chi connectivity index (χ3n) is 5.60. The Kier molecular flexibility index (Phi) is 7.19. The van der Waals surface area contributed by atoms with Crippen LogP contribution in [0.1, 0.15) is 17.9 Å². The molecule has 0 spiro atoms. The van der Waals surface area contributed by atoms with Crippen LogP contribution in [0.4, 0.5) is 0 Å². The third kappa shape index (κ3) is 5.62. The predicted octanol–water partition coefficient (Wildman–Crippen LogP) is 3.47. The minimum Gasteiger partial charge on any atom is -0.497 e. The van der Waals surface area contributed by atoms with E-state index in [0.29, 0.717) is 23.3 Å². The number of aromatic nitrogens is 2. The third-order valence-corrected chi connectivity index (χ3v) is 5.85. The van der Waals surface area contributed by atoms with Gasteiger partial charge in [0.15, 0.2) is 0 Å². The molecule has 31 heavy (non-hydrogen) atoms. The maximum atomic E-state index is 9.59. The van der Waals surface area contributed by atoms with E-state index in [2.05, 4.69) is 32.1 Å². The first-order valence-electron chi connectivity index (χ1n) is 10.4. The summed E-state index contributed by atoms with van der Waals surface area (Å²) in [4.78, 5) is 9.27. The lowest BCUT2D eigenvalue weighted by Gasteiger charge is -2.41. The monoisotopic (exact) mass is 442 g/mol. The van der Waals surface area contributed by atoms with E-state index in [1.165, 1.54) is 5.56 Å². The molecular weight excluding hydrogens is 416 g/mol. The summed E-state index contributed by atoms with van der Waals surface area (Å²) >= 11 is 5.95. The smallest absolute Gasteiger partial charge is 0.241 e. The first-order chi connectivity index (χ1) is 15.1. The number of aliphatic hydroxyl groups excluding tert-OH is 1. The molecule has 164 valence electrons. The standard InChI is InChI=1S/C23H27ClN4O3/c1-30-21-4-2-3-17(13-21)14-28-11-10-27(15-20(28)9-12-29)16-22-25-23(26-31-22)18-5-7-19(24)8-6-18/h2-8,13,20,29H,9-12,14-16H2,1H3. The number of piperazine rings is 1. The second kappa shape index (κ2) is 10.2. The molecule has 1 fully saturated rings. The van der Waals surface area contributed by atoms with Gasteiger partial charge in [0.1, 0.15) is 5.75 Å². The van der Waals surface area contributed by atoms with Gasteiger partial charge in [-0.2, -0.15) is 4.98 Å². The van der Waals surface area contributed by atoms with E-state index in [-0.39, 0.29) is 12.6 Å². The first kappa shape index (κ1) is 21.8. The van der Waals surface area contributed by atoms with Gasteiger partial charge in [0.2, 0.25) is 11.7 Å². The van der Waals surface area contributed by atoms with Crippen molar-refractivity contribution >= 4 is 11.6 Å². The minimum absolute atomic E-state index is 0.161. The van der Waals surface area contributed by atoms with Gasteiger partial charge in [-0.25, -0.2) is 0 Å². The van der Waals surface area contributed by atoms with Gasteiger partial charge in [0.05, 0.1) is 13.7 Å². The lowest BCUT2D eigenvalue weighted by Crippen LogP contribution is -2.52. The van der Waals surface area contributed by atoms with Crippen molar-refractivity contribution in [1.82, 2.24) is 19.9 Å². The van der Waals surface area contributed by atoms with Crippen LogP contribution >= 0.6 is 11.6 Å². The number of benzene rings is 2. The number of rotatable bonds is 8. The highest BCUT2D eigenvalue weighted by atomic mass is 35.5. The Labute approximate surface area is 187 Å². The molecule has 2 aromatic carbocycles. The highest BCUT2D eigenvalue weighted by Crippen LogP contribution is 2.22. The topological polar surface area (TPSA) is 74.9 Å². The van der Waals surface area contributed by atoms with Gasteiger partial charge in [-0.15, -0.1) is 0 Å². The van der Waals surface area contributed by atoms with Crippen LogP contribution in [0.25, 0.3) is 11.4 Å². The van der Waals surface area contributed by atoms with E-state index in [9.17, 15) is 5.11 Å². The average molecular weight is 443 g/mol. The molecule has 0 amide bonds. The van der Waals surface area contributed by atoms with E-state index < -0.39 is 0 Å². The Morgan fingerprint density at radius 3 is 2.77 bits per heavy atom. The highest BCUT2D eigenvalue weighted by Gasteiger charge is 2.27. The molecule has 1 saturated heterocycles. The Balaban J connectivity index is 1.38. The van der Waals surface area contributed by atoms with Crippen molar-refractivity contribution in [2.75, 3.05) is 33.4 Å². The SMILES string of the molecule is COc1cccc(CN2CCN(Cc3nc(-c4ccc(Cl)cc4)no3)CC2CCO)c1. The van der Waals surface area contributed by atoms with Crippen LogP contribution in [0.3, 0.4) is 0 Å². The molecule has 0 bridgehead atoms. The number of hydrogen-bond donors (Lipinski definition) is 1. The maximum absolute atomic E-state index is 9.59. The maximum Gasteiger partial charge on any atom is 0.241 e. The number of methoxy groups -OCH3 is 1. The Bertz CT molecular complexity index is 979. The van der Waals surface area contributed by atoms with Gasteiger partial charge in [-0.3, -0.25) is 9.80 Å². The van der Waals surface area contributed by atoms with Gasteiger partial charge in [0, 0.05) is 49.4 Å². The summed E-state index contributed by atoms with van der Waals surface area (Å²) in [7, 11) is 1.68. The molecule has 1 unspecified atom stereocenters. The molecule has 0 saturated carbocycles. The summed E-state index contributed by atoms with van der Waals surface area (Å²) in [6.07, 6.45) is 0.723. The van der Waals surface area contributed by atoms with Crippen LogP contribution in [0, 0.1) is 0 Å². The highest BCUT2D eigenvalue weighted by molar-refractivity contribution is 6.30. The van der Waals surface area contributed by atoms with E-state index in [0.717, 1.165) is 43.9 Å². The summed E-state index contributed by atoms with van der Waals surface area (Å²) in [5.41, 5.74) is 2.08. The Hall–Kier alpha value is -2.45. The van der Waals surface area contributed by atoms with E-state index in [4.69, 9.17) is 20.9 Å². The molecule has 1 aliphatic heterocycles. The van der Waals surface area contributed by atoms with Crippen LogP contribution in [0.15, 0.2) is 53.1 Å².